The molecule has 4 rings (SSSR count). The van der Waals surface area contributed by atoms with Crippen LogP contribution in [0.2, 0.25) is 0 Å². The van der Waals surface area contributed by atoms with E-state index in [0.717, 1.165) is 54.3 Å². The van der Waals surface area contributed by atoms with Crippen molar-refractivity contribution in [2.45, 2.75) is 95.5 Å². The number of methoxy groups -OCH3 is 1. The third-order valence-corrected chi connectivity index (χ3v) is 8.00. The molecule has 35 heavy (non-hydrogen) atoms. The van der Waals surface area contributed by atoms with E-state index in [2.05, 4.69) is 9.97 Å². The van der Waals surface area contributed by atoms with Crippen LogP contribution < -0.4 is 4.74 Å². The summed E-state index contributed by atoms with van der Waals surface area (Å²) in [6.07, 6.45) is 5.39. The second-order valence-corrected chi connectivity index (χ2v) is 11.5. The van der Waals surface area contributed by atoms with E-state index in [1.807, 2.05) is 20.8 Å². The van der Waals surface area contributed by atoms with Gasteiger partial charge in [0.1, 0.15) is 22.9 Å². The van der Waals surface area contributed by atoms with Gasteiger partial charge in [0.05, 0.1) is 12.5 Å². The maximum atomic E-state index is 12.4. The van der Waals surface area contributed by atoms with Gasteiger partial charge < -0.3 is 24.2 Å². The Bertz CT molecular complexity index is 1070. The smallest absolute Gasteiger partial charge is 0.410 e. The molecule has 2 heterocycles. The van der Waals surface area contributed by atoms with E-state index in [9.17, 15) is 14.7 Å². The van der Waals surface area contributed by atoms with Crippen molar-refractivity contribution in [3.05, 3.63) is 16.8 Å². The molecule has 2 aliphatic rings. The molecule has 0 radical (unpaired) electrons. The molecule has 2 atom stereocenters. The minimum atomic E-state index is -1.16. The molecular weight excluding hydrogens is 470 g/mol. The summed E-state index contributed by atoms with van der Waals surface area (Å²) in [6.45, 7) is 5.61. The van der Waals surface area contributed by atoms with E-state index < -0.39 is 17.7 Å². The number of nitrogens with zero attached hydrogens (tertiary/aromatic N) is 3. The number of fused-ring (bicyclic) bond motifs is 3. The minimum Gasteiger partial charge on any atom is -0.474 e. The fourth-order valence-electron chi connectivity index (χ4n) is 5.06. The van der Waals surface area contributed by atoms with Crippen molar-refractivity contribution in [2.24, 2.45) is 0 Å². The van der Waals surface area contributed by atoms with Gasteiger partial charge in [0, 0.05) is 18.0 Å². The summed E-state index contributed by atoms with van der Waals surface area (Å²) >= 11 is 1.63. The van der Waals surface area contributed by atoms with Crippen molar-refractivity contribution < 1.29 is 28.9 Å². The van der Waals surface area contributed by atoms with Gasteiger partial charge in [0.15, 0.2) is 6.10 Å². The Labute approximate surface area is 209 Å². The number of carbonyl (C=O) groups is 2. The van der Waals surface area contributed by atoms with Gasteiger partial charge in [-0.3, -0.25) is 0 Å². The van der Waals surface area contributed by atoms with Gasteiger partial charge in [0.2, 0.25) is 5.88 Å². The maximum Gasteiger partial charge on any atom is 0.410 e. The first-order valence-electron chi connectivity index (χ1n) is 12.2. The Kier molecular flexibility index (Phi) is 7.51. The summed E-state index contributed by atoms with van der Waals surface area (Å²) in [7, 11) is 3.08. The van der Waals surface area contributed by atoms with Crippen LogP contribution in [0.5, 0.6) is 5.88 Å². The lowest BCUT2D eigenvalue weighted by atomic mass is 9.92. The maximum absolute atomic E-state index is 12.4. The Morgan fingerprint density at radius 1 is 1.20 bits per heavy atom. The normalized spacial score (nSPS) is 23.0. The van der Waals surface area contributed by atoms with Gasteiger partial charge in [-0.2, -0.15) is 0 Å². The van der Waals surface area contributed by atoms with Gasteiger partial charge in [-0.15, -0.1) is 11.3 Å². The van der Waals surface area contributed by atoms with Crippen LogP contribution in [0.25, 0.3) is 10.2 Å². The molecule has 2 aromatic rings. The number of aryl methyl sites for hydroxylation is 1. The van der Waals surface area contributed by atoms with E-state index in [1.54, 1.807) is 23.3 Å². The molecule has 2 aliphatic carbocycles. The van der Waals surface area contributed by atoms with Gasteiger partial charge in [-0.1, -0.05) is 0 Å². The number of aliphatic hydroxyl groups excluding tert-OH is 1. The molecule has 1 amide bonds. The van der Waals surface area contributed by atoms with Gasteiger partial charge in [0.25, 0.3) is 0 Å². The van der Waals surface area contributed by atoms with Gasteiger partial charge in [-0.25, -0.2) is 19.6 Å². The molecule has 1 unspecified atom stereocenters. The topological polar surface area (TPSA) is 111 Å². The third-order valence-electron chi connectivity index (χ3n) is 6.83. The number of carbonyl (C=O) groups excluding carboxylic acids is 2. The molecular formula is C25H35N3O6S. The Hall–Kier alpha value is -2.46. The molecule has 2 aromatic heterocycles. The van der Waals surface area contributed by atoms with E-state index in [0.29, 0.717) is 12.3 Å². The second kappa shape index (κ2) is 10.3. The lowest BCUT2D eigenvalue weighted by molar-refractivity contribution is -0.150. The average Bonchev–Trinajstić information content (AvgIpc) is 3.37. The number of esters is 1. The highest BCUT2D eigenvalue weighted by Gasteiger charge is 2.35. The number of ether oxygens (including phenoxy) is 3. The lowest BCUT2D eigenvalue weighted by Crippen LogP contribution is -2.43. The van der Waals surface area contributed by atoms with Crippen molar-refractivity contribution in [1.29, 1.82) is 0 Å². The molecule has 10 heteroatoms. The number of hydrogen-bond acceptors (Lipinski definition) is 9. The average molecular weight is 506 g/mol. The SMILES string of the molecule is COC(=O)C(O)C[C@H]1CCc2sc3ncnc(O[C@H]4CC[C@H](N(C)C(=O)OC(C)(C)C)CC4)c3c21. The zero-order valence-electron chi connectivity index (χ0n) is 21.1. The number of rotatable bonds is 6. The summed E-state index contributed by atoms with van der Waals surface area (Å²) in [5.74, 6) is -0.0193. The summed E-state index contributed by atoms with van der Waals surface area (Å²) in [5, 5.41) is 11.1. The molecule has 1 N–H and O–H groups in total. The first-order chi connectivity index (χ1) is 16.6. The van der Waals surface area contributed by atoms with E-state index in [1.165, 1.54) is 18.3 Å². The molecule has 192 valence electrons. The summed E-state index contributed by atoms with van der Waals surface area (Å²) in [6, 6.07) is 0.115. The predicted molar refractivity (Wildman–Crippen MR) is 132 cm³/mol. The van der Waals surface area contributed by atoms with Crippen LogP contribution in [-0.2, 0) is 20.7 Å². The van der Waals surface area contributed by atoms with Crippen molar-refractivity contribution in [3.8, 4) is 5.88 Å². The molecule has 0 spiro atoms. The summed E-state index contributed by atoms with van der Waals surface area (Å²) in [4.78, 5) is 36.9. The molecule has 0 bridgehead atoms. The molecule has 0 saturated heterocycles. The highest BCUT2D eigenvalue weighted by atomic mass is 32.1. The highest BCUT2D eigenvalue weighted by molar-refractivity contribution is 7.19. The quantitative estimate of drug-likeness (QED) is 0.582. The summed E-state index contributed by atoms with van der Waals surface area (Å²) in [5.41, 5.74) is 0.581. The van der Waals surface area contributed by atoms with Crippen LogP contribution in [-0.4, -0.2) is 70.0 Å². The first-order valence-corrected chi connectivity index (χ1v) is 13.0. The van der Waals surface area contributed by atoms with Crippen LogP contribution in [0.15, 0.2) is 6.33 Å². The van der Waals surface area contributed by atoms with Crippen LogP contribution >= 0.6 is 11.3 Å². The highest BCUT2D eigenvalue weighted by Crippen LogP contribution is 2.47. The zero-order valence-corrected chi connectivity index (χ0v) is 21.9. The van der Waals surface area contributed by atoms with E-state index >= 15 is 0 Å². The molecule has 1 saturated carbocycles. The van der Waals surface area contributed by atoms with E-state index in [4.69, 9.17) is 14.2 Å². The minimum absolute atomic E-state index is 0.00699. The Morgan fingerprint density at radius 2 is 1.91 bits per heavy atom. The Balaban J connectivity index is 1.45. The standard InChI is InChI=1S/C25H35N3O6S/c1-25(2,3)34-24(31)28(4)15-7-9-16(10-8-15)33-21-20-19-14(12-17(29)23(30)32-5)6-11-18(19)35-22(20)27-13-26-21/h13-17,29H,6-12H2,1-5H3/t14-,15-,16-,17?/m1/s1. The number of thiophene rings is 1. The van der Waals surface area contributed by atoms with Crippen LogP contribution in [0, 0.1) is 0 Å². The Morgan fingerprint density at radius 3 is 2.57 bits per heavy atom. The number of hydrogen-bond donors (Lipinski definition) is 1. The van der Waals surface area contributed by atoms with Crippen LogP contribution in [0.1, 0.15) is 75.7 Å². The van der Waals surface area contributed by atoms with Crippen molar-refractivity contribution >= 4 is 33.6 Å². The first kappa shape index (κ1) is 25.6. The molecule has 0 aliphatic heterocycles. The van der Waals surface area contributed by atoms with E-state index in [-0.39, 0.29) is 24.2 Å². The number of aromatic nitrogens is 2. The lowest BCUT2D eigenvalue weighted by Gasteiger charge is -2.35. The van der Waals surface area contributed by atoms with Gasteiger partial charge in [-0.05, 0) is 77.2 Å². The number of amides is 1. The largest absolute Gasteiger partial charge is 0.474 e. The van der Waals surface area contributed by atoms with Crippen LogP contribution in [0.3, 0.4) is 0 Å². The van der Waals surface area contributed by atoms with Gasteiger partial charge >= 0.3 is 12.1 Å². The number of aliphatic hydroxyl groups is 1. The predicted octanol–water partition coefficient (Wildman–Crippen LogP) is 4.20. The fraction of sp³-hybridized carbons (Fsp3) is 0.680. The third kappa shape index (κ3) is 5.69. The zero-order chi connectivity index (χ0) is 25.3. The molecule has 1 fully saturated rings. The molecule has 0 aromatic carbocycles. The summed E-state index contributed by atoms with van der Waals surface area (Å²) < 4.78 is 16.6. The van der Waals surface area contributed by atoms with Crippen LogP contribution in [0.4, 0.5) is 4.79 Å². The monoisotopic (exact) mass is 505 g/mol. The van der Waals surface area contributed by atoms with Crippen molar-refractivity contribution in [1.82, 2.24) is 14.9 Å². The fourth-order valence-corrected chi connectivity index (χ4v) is 6.29. The molecule has 9 nitrogen and oxygen atoms in total. The van der Waals surface area contributed by atoms with Crippen molar-refractivity contribution in [2.75, 3.05) is 14.2 Å². The second-order valence-electron chi connectivity index (χ2n) is 10.4. The van der Waals surface area contributed by atoms with Crippen molar-refractivity contribution in [3.63, 3.8) is 0 Å².